The molecule has 30 heavy (non-hydrogen) atoms. The third kappa shape index (κ3) is 27.7. The van der Waals surface area contributed by atoms with Crippen LogP contribution < -0.4 is 0 Å². The van der Waals surface area contributed by atoms with Gasteiger partial charge in [-0.3, -0.25) is 0 Å². The molecule has 0 spiro atoms. The van der Waals surface area contributed by atoms with E-state index in [1.165, 1.54) is 154 Å². The molecule has 180 valence electrons. The lowest BCUT2D eigenvalue weighted by Crippen LogP contribution is -1.93. The second kappa shape index (κ2) is 28.7. The quantitative estimate of drug-likeness (QED) is 0.0944. The Morgan fingerprint density at radius 3 is 0.967 bits per heavy atom. The summed E-state index contributed by atoms with van der Waals surface area (Å²) in [7, 11) is 0. The molecule has 0 aliphatic carbocycles. The van der Waals surface area contributed by atoms with Crippen molar-refractivity contribution in [2.24, 2.45) is 0 Å². The largest absolute Gasteiger partial charge is 0.377 e. The minimum Gasteiger partial charge on any atom is -0.377 e. The van der Waals surface area contributed by atoms with Crippen LogP contribution in [0.5, 0.6) is 0 Å². The van der Waals surface area contributed by atoms with Gasteiger partial charge in [-0.05, 0) is 6.42 Å². The predicted molar refractivity (Wildman–Crippen MR) is 137 cm³/mol. The van der Waals surface area contributed by atoms with Crippen molar-refractivity contribution in [3.05, 3.63) is 12.7 Å². The zero-order chi connectivity index (χ0) is 21.8. The lowest BCUT2D eigenvalue weighted by atomic mass is 10.0. The molecule has 0 saturated carbocycles. The van der Waals surface area contributed by atoms with E-state index in [-0.39, 0.29) is 0 Å². The summed E-state index contributed by atoms with van der Waals surface area (Å²) in [6.45, 7) is 7.58. The monoisotopic (exact) mass is 422 g/mol. The minimum absolute atomic E-state index is 0.708. The first-order valence-electron chi connectivity index (χ1n) is 14.1. The Hall–Kier alpha value is -0.300. The van der Waals surface area contributed by atoms with Crippen LogP contribution in [0, 0.1) is 0 Å². The second-order valence-electron chi connectivity index (χ2n) is 9.50. The summed E-state index contributed by atoms with van der Waals surface area (Å²) in [5, 5.41) is 0. The summed E-state index contributed by atoms with van der Waals surface area (Å²) in [5.74, 6) is 0. The third-order valence-corrected chi connectivity index (χ3v) is 6.38. The Balaban J connectivity index is 2.98. The van der Waals surface area contributed by atoms with E-state index >= 15 is 0 Å². The van der Waals surface area contributed by atoms with Crippen LogP contribution in [0.3, 0.4) is 0 Å². The highest BCUT2D eigenvalue weighted by Gasteiger charge is 1.96. The average molecular weight is 423 g/mol. The zero-order valence-corrected chi connectivity index (χ0v) is 21.1. The molecule has 0 unspecified atom stereocenters. The summed E-state index contributed by atoms with van der Waals surface area (Å²) in [6, 6.07) is 0. The fourth-order valence-corrected chi connectivity index (χ4v) is 4.33. The molecule has 0 saturated heterocycles. The van der Waals surface area contributed by atoms with E-state index in [4.69, 9.17) is 4.74 Å². The molecule has 1 nitrogen and oxygen atoms in total. The molecule has 0 aliphatic rings. The van der Waals surface area contributed by atoms with Crippen LogP contribution >= 0.6 is 0 Å². The van der Waals surface area contributed by atoms with E-state index in [0.717, 1.165) is 6.61 Å². The van der Waals surface area contributed by atoms with Crippen LogP contribution in [0.15, 0.2) is 12.7 Å². The fraction of sp³-hybridized carbons (Fsp3) is 0.931. The molecule has 0 amide bonds. The maximum absolute atomic E-state index is 5.41. The molecule has 0 aromatic carbocycles. The normalized spacial score (nSPS) is 11.2. The predicted octanol–water partition coefficient (Wildman–Crippen LogP) is 10.6. The van der Waals surface area contributed by atoms with Crippen LogP contribution in [0.25, 0.3) is 0 Å². The first-order valence-corrected chi connectivity index (χ1v) is 14.1. The highest BCUT2D eigenvalue weighted by molar-refractivity contribution is 4.63. The highest BCUT2D eigenvalue weighted by atomic mass is 16.5. The minimum atomic E-state index is 0.708. The van der Waals surface area contributed by atoms with Gasteiger partial charge in [0.05, 0.1) is 6.61 Å². The third-order valence-electron chi connectivity index (χ3n) is 6.38. The average Bonchev–Trinajstić information content (AvgIpc) is 2.76. The molecule has 0 N–H and O–H groups in total. The summed E-state index contributed by atoms with van der Waals surface area (Å²) in [4.78, 5) is 0. The van der Waals surface area contributed by atoms with Crippen molar-refractivity contribution < 1.29 is 4.74 Å². The summed E-state index contributed by atoms with van der Waals surface area (Å²) < 4.78 is 5.41. The first-order chi connectivity index (χ1) is 14.9. The molecular formula is C29H58O. The lowest BCUT2D eigenvalue weighted by Gasteiger charge is -2.04. The highest BCUT2D eigenvalue weighted by Crippen LogP contribution is 2.15. The van der Waals surface area contributed by atoms with E-state index in [0.29, 0.717) is 6.61 Å². The fourth-order valence-electron chi connectivity index (χ4n) is 4.33. The van der Waals surface area contributed by atoms with E-state index in [1.54, 1.807) is 0 Å². The van der Waals surface area contributed by atoms with Crippen LogP contribution in [-0.2, 0) is 4.74 Å². The first kappa shape index (κ1) is 29.7. The van der Waals surface area contributed by atoms with Gasteiger partial charge < -0.3 is 4.74 Å². The van der Waals surface area contributed by atoms with Crippen molar-refractivity contribution in [1.29, 1.82) is 0 Å². The molecule has 0 atom stereocenters. The summed E-state index contributed by atoms with van der Waals surface area (Å²) in [6.07, 6.45) is 36.5. The Kier molecular flexibility index (Phi) is 28.4. The molecule has 0 heterocycles. The second-order valence-corrected chi connectivity index (χ2v) is 9.50. The number of hydrogen-bond donors (Lipinski definition) is 0. The Labute approximate surface area is 191 Å². The maximum Gasteiger partial charge on any atom is 0.0644 e. The zero-order valence-electron chi connectivity index (χ0n) is 21.1. The molecule has 0 fully saturated rings. The van der Waals surface area contributed by atoms with Gasteiger partial charge >= 0.3 is 0 Å². The molecular weight excluding hydrogens is 364 g/mol. The van der Waals surface area contributed by atoms with Gasteiger partial charge in [-0.15, -0.1) is 6.58 Å². The molecule has 1 heteroatoms. The smallest absolute Gasteiger partial charge is 0.0644 e. The van der Waals surface area contributed by atoms with Gasteiger partial charge in [0.25, 0.3) is 0 Å². The number of unbranched alkanes of at least 4 members (excludes halogenated alkanes) is 23. The van der Waals surface area contributed by atoms with Gasteiger partial charge in [0, 0.05) is 6.61 Å². The van der Waals surface area contributed by atoms with Gasteiger partial charge in [-0.1, -0.05) is 161 Å². The van der Waals surface area contributed by atoms with Crippen molar-refractivity contribution in [1.82, 2.24) is 0 Å². The molecule has 0 bridgehead atoms. The SMILES string of the molecule is C=CCOCCCCCCCCCCCCCCCCCCCCCCCCCC. The number of ether oxygens (including phenoxy) is 1. The van der Waals surface area contributed by atoms with E-state index in [2.05, 4.69) is 13.5 Å². The van der Waals surface area contributed by atoms with E-state index in [1.807, 2.05) is 6.08 Å². The van der Waals surface area contributed by atoms with Gasteiger partial charge in [0.15, 0.2) is 0 Å². The van der Waals surface area contributed by atoms with Crippen LogP contribution in [0.2, 0.25) is 0 Å². The van der Waals surface area contributed by atoms with Gasteiger partial charge in [-0.25, -0.2) is 0 Å². The summed E-state index contributed by atoms with van der Waals surface area (Å²) in [5.41, 5.74) is 0. The van der Waals surface area contributed by atoms with Crippen molar-refractivity contribution in [2.45, 2.75) is 161 Å². The Morgan fingerprint density at radius 2 is 0.700 bits per heavy atom. The van der Waals surface area contributed by atoms with Crippen molar-refractivity contribution in [3.8, 4) is 0 Å². The van der Waals surface area contributed by atoms with Crippen molar-refractivity contribution >= 4 is 0 Å². The van der Waals surface area contributed by atoms with Crippen LogP contribution in [-0.4, -0.2) is 13.2 Å². The van der Waals surface area contributed by atoms with Crippen molar-refractivity contribution in [3.63, 3.8) is 0 Å². The Bertz CT molecular complexity index is 299. The lowest BCUT2D eigenvalue weighted by molar-refractivity contribution is 0.157. The molecule has 0 aromatic heterocycles. The number of rotatable bonds is 27. The number of hydrogen-bond acceptors (Lipinski definition) is 1. The summed E-state index contributed by atoms with van der Waals surface area (Å²) >= 11 is 0. The molecule has 0 aliphatic heterocycles. The molecule has 0 radical (unpaired) electrons. The van der Waals surface area contributed by atoms with Crippen LogP contribution in [0.4, 0.5) is 0 Å². The molecule has 0 aromatic rings. The van der Waals surface area contributed by atoms with E-state index in [9.17, 15) is 0 Å². The van der Waals surface area contributed by atoms with Crippen LogP contribution in [0.1, 0.15) is 161 Å². The van der Waals surface area contributed by atoms with Gasteiger partial charge in [0.1, 0.15) is 0 Å². The molecule has 0 rings (SSSR count). The standard InChI is InChI=1S/C29H58O/c1-3-5-6-7-8-9-10-11-12-13-14-15-16-17-18-19-20-21-22-23-24-25-26-27-29-30-28-4-2/h4H,2-3,5-29H2,1H3. The topological polar surface area (TPSA) is 9.23 Å². The van der Waals surface area contributed by atoms with Crippen molar-refractivity contribution in [2.75, 3.05) is 13.2 Å². The van der Waals surface area contributed by atoms with Gasteiger partial charge in [0.2, 0.25) is 0 Å². The Morgan fingerprint density at radius 1 is 0.433 bits per heavy atom. The van der Waals surface area contributed by atoms with E-state index < -0.39 is 0 Å². The maximum atomic E-state index is 5.41. The van der Waals surface area contributed by atoms with Gasteiger partial charge in [-0.2, -0.15) is 0 Å².